The number of aliphatic hydroxyl groups is 1. The third-order valence-corrected chi connectivity index (χ3v) is 3.13. The first-order valence-corrected chi connectivity index (χ1v) is 6.44. The van der Waals surface area contributed by atoms with Gasteiger partial charge in [0.25, 0.3) is 5.91 Å². The van der Waals surface area contributed by atoms with Crippen LogP contribution in [-0.2, 0) is 5.41 Å². The monoisotopic (exact) mass is 260 g/mol. The average Bonchev–Trinajstić information content (AvgIpc) is 2.77. The summed E-state index contributed by atoms with van der Waals surface area (Å²) in [6.45, 7) is 6.69. The van der Waals surface area contributed by atoms with Gasteiger partial charge in [0, 0.05) is 17.4 Å². The maximum atomic E-state index is 11.8. The summed E-state index contributed by atoms with van der Waals surface area (Å²) in [5, 5.41) is 12.4. The van der Waals surface area contributed by atoms with Gasteiger partial charge in [-0.05, 0) is 23.1 Å². The van der Waals surface area contributed by atoms with Crippen molar-refractivity contribution >= 4 is 16.8 Å². The van der Waals surface area contributed by atoms with Gasteiger partial charge in [-0.3, -0.25) is 4.79 Å². The molecule has 0 unspecified atom stereocenters. The standard InChI is InChI=1S/C15H20N2O2/c1-15(2,3)11-5-4-10-8-13(17-12(10)9-11)14(19)16-6-7-18/h4-5,8-9,17-18H,6-7H2,1-3H3,(H,16,19). The molecule has 4 heteroatoms. The molecular weight excluding hydrogens is 240 g/mol. The van der Waals surface area contributed by atoms with Gasteiger partial charge in [-0.25, -0.2) is 0 Å². The molecule has 0 atom stereocenters. The molecule has 2 rings (SSSR count). The molecule has 3 N–H and O–H groups in total. The van der Waals surface area contributed by atoms with Crippen molar-refractivity contribution in [3.63, 3.8) is 0 Å². The zero-order chi connectivity index (χ0) is 14.0. The van der Waals surface area contributed by atoms with Crippen molar-refractivity contribution in [2.75, 3.05) is 13.2 Å². The minimum atomic E-state index is -0.192. The zero-order valence-corrected chi connectivity index (χ0v) is 11.6. The molecule has 0 radical (unpaired) electrons. The van der Waals surface area contributed by atoms with E-state index in [0.29, 0.717) is 5.69 Å². The number of rotatable bonds is 3. The fraction of sp³-hybridized carbons (Fsp3) is 0.400. The second-order valence-corrected chi connectivity index (χ2v) is 5.71. The summed E-state index contributed by atoms with van der Waals surface area (Å²) in [5.41, 5.74) is 2.79. The molecule has 0 aliphatic carbocycles. The number of hydrogen-bond acceptors (Lipinski definition) is 2. The van der Waals surface area contributed by atoms with E-state index in [1.807, 2.05) is 12.1 Å². The maximum absolute atomic E-state index is 11.8. The lowest BCUT2D eigenvalue weighted by atomic mass is 9.87. The van der Waals surface area contributed by atoms with Gasteiger partial charge in [-0.1, -0.05) is 32.9 Å². The molecule has 1 heterocycles. The van der Waals surface area contributed by atoms with Crippen LogP contribution in [0.15, 0.2) is 24.3 Å². The first kappa shape index (κ1) is 13.6. The second kappa shape index (κ2) is 5.05. The Bertz CT molecular complexity index is 594. The van der Waals surface area contributed by atoms with Crippen molar-refractivity contribution in [3.8, 4) is 0 Å². The summed E-state index contributed by atoms with van der Waals surface area (Å²) in [6, 6.07) is 8.02. The molecule has 1 aromatic heterocycles. The molecule has 0 saturated heterocycles. The molecule has 0 fully saturated rings. The predicted molar refractivity (Wildman–Crippen MR) is 76.4 cm³/mol. The lowest BCUT2D eigenvalue weighted by Crippen LogP contribution is -2.26. The van der Waals surface area contributed by atoms with Gasteiger partial charge in [-0.2, -0.15) is 0 Å². The van der Waals surface area contributed by atoms with E-state index in [9.17, 15) is 4.79 Å². The Morgan fingerprint density at radius 3 is 2.68 bits per heavy atom. The summed E-state index contributed by atoms with van der Waals surface area (Å²) >= 11 is 0. The Balaban J connectivity index is 2.33. The number of aromatic amines is 1. The molecule has 0 aliphatic rings. The quantitative estimate of drug-likeness (QED) is 0.792. The van der Waals surface area contributed by atoms with Crippen molar-refractivity contribution in [1.29, 1.82) is 0 Å². The van der Waals surface area contributed by atoms with Crippen molar-refractivity contribution in [1.82, 2.24) is 10.3 Å². The number of hydrogen-bond donors (Lipinski definition) is 3. The van der Waals surface area contributed by atoms with Gasteiger partial charge in [0.15, 0.2) is 0 Å². The number of amides is 1. The molecule has 0 bridgehead atoms. The van der Waals surface area contributed by atoms with E-state index in [4.69, 9.17) is 5.11 Å². The number of fused-ring (bicyclic) bond motifs is 1. The SMILES string of the molecule is CC(C)(C)c1ccc2cc(C(=O)NCCO)[nH]c2c1. The normalized spacial score (nSPS) is 11.8. The van der Waals surface area contributed by atoms with Crippen LogP contribution >= 0.6 is 0 Å². The second-order valence-electron chi connectivity index (χ2n) is 5.71. The smallest absolute Gasteiger partial charge is 0.267 e. The number of carbonyl (C=O) groups excluding carboxylic acids is 1. The van der Waals surface area contributed by atoms with E-state index in [1.54, 1.807) is 0 Å². The van der Waals surface area contributed by atoms with Crippen LogP contribution in [0, 0.1) is 0 Å². The summed E-state index contributed by atoms with van der Waals surface area (Å²) in [7, 11) is 0. The number of aromatic nitrogens is 1. The number of carbonyl (C=O) groups is 1. The van der Waals surface area contributed by atoms with Crippen LogP contribution in [0.2, 0.25) is 0 Å². The van der Waals surface area contributed by atoms with Crippen LogP contribution in [0.4, 0.5) is 0 Å². The Morgan fingerprint density at radius 1 is 1.32 bits per heavy atom. The van der Waals surface area contributed by atoms with E-state index in [0.717, 1.165) is 10.9 Å². The molecule has 102 valence electrons. The molecule has 4 nitrogen and oxygen atoms in total. The lowest BCUT2D eigenvalue weighted by molar-refractivity contribution is 0.0940. The number of H-pyrrole nitrogens is 1. The number of aliphatic hydroxyl groups excluding tert-OH is 1. The van der Waals surface area contributed by atoms with Gasteiger partial charge in [-0.15, -0.1) is 0 Å². The van der Waals surface area contributed by atoms with Crippen molar-refractivity contribution in [2.45, 2.75) is 26.2 Å². The van der Waals surface area contributed by atoms with E-state index in [1.165, 1.54) is 5.56 Å². The van der Waals surface area contributed by atoms with Crippen LogP contribution in [0.25, 0.3) is 10.9 Å². The minimum absolute atomic E-state index is 0.0554. The highest BCUT2D eigenvalue weighted by Crippen LogP contribution is 2.26. The molecule has 1 aromatic carbocycles. The highest BCUT2D eigenvalue weighted by atomic mass is 16.3. The molecule has 19 heavy (non-hydrogen) atoms. The molecule has 0 saturated carbocycles. The van der Waals surface area contributed by atoms with Crippen molar-refractivity contribution in [3.05, 3.63) is 35.5 Å². The van der Waals surface area contributed by atoms with E-state index >= 15 is 0 Å². The highest BCUT2D eigenvalue weighted by molar-refractivity contribution is 5.98. The van der Waals surface area contributed by atoms with Crippen LogP contribution < -0.4 is 5.32 Å². The van der Waals surface area contributed by atoms with Gasteiger partial charge >= 0.3 is 0 Å². The summed E-state index contributed by atoms with van der Waals surface area (Å²) < 4.78 is 0. The Labute approximate surface area is 112 Å². The van der Waals surface area contributed by atoms with Crippen LogP contribution in [0.1, 0.15) is 36.8 Å². The number of nitrogens with one attached hydrogen (secondary N) is 2. The predicted octanol–water partition coefficient (Wildman–Crippen LogP) is 2.19. The fourth-order valence-corrected chi connectivity index (χ4v) is 1.98. The summed E-state index contributed by atoms with van der Waals surface area (Å²) in [5.74, 6) is -0.192. The Hall–Kier alpha value is -1.81. The van der Waals surface area contributed by atoms with Gasteiger partial charge < -0.3 is 15.4 Å². The van der Waals surface area contributed by atoms with Crippen LogP contribution in [0.5, 0.6) is 0 Å². The summed E-state index contributed by atoms with van der Waals surface area (Å²) in [6.07, 6.45) is 0. The first-order chi connectivity index (χ1) is 8.91. The third-order valence-electron chi connectivity index (χ3n) is 3.13. The van der Waals surface area contributed by atoms with Gasteiger partial charge in [0.1, 0.15) is 5.69 Å². The fourth-order valence-electron chi connectivity index (χ4n) is 1.98. The topological polar surface area (TPSA) is 65.1 Å². The van der Waals surface area contributed by atoms with Crippen molar-refractivity contribution in [2.24, 2.45) is 0 Å². The molecule has 0 aliphatic heterocycles. The minimum Gasteiger partial charge on any atom is -0.395 e. The molecular formula is C15H20N2O2. The first-order valence-electron chi connectivity index (χ1n) is 6.44. The van der Waals surface area contributed by atoms with Crippen molar-refractivity contribution < 1.29 is 9.90 Å². The maximum Gasteiger partial charge on any atom is 0.267 e. The van der Waals surface area contributed by atoms with Crippen LogP contribution in [-0.4, -0.2) is 29.1 Å². The van der Waals surface area contributed by atoms with Gasteiger partial charge in [0.2, 0.25) is 0 Å². The van der Waals surface area contributed by atoms with Gasteiger partial charge in [0.05, 0.1) is 6.61 Å². The zero-order valence-electron chi connectivity index (χ0n) is 11.6. The third kappa shape index (κ3) is 2.96. The highest BCUT2D eigenvalue weighted by Gasteiger charge is 2.15. The van der Waals surface area contributed by atoms with E-state index in [-0.39, 0.29) is 24.5 Å². The number of benzene rings is 1. The van der Waals surface area contributed by atoms with E-state index in [2.05, 4.69) is 43.2 Å². The lowest BCUT2D eigenvalue weighted by Gasteiger charge is -2.18. The Kier molecular flexibility index (Phi) is 3.62. The largest absolute Gasteiger partial charge is 0.395 e. The van der Waals surface area contributed by atoms with Crippen LogP contribution in [0.3, 0.4) is 0 Å². The summed E-state index contributed by atoms with van der Waals surface area (Å²) in [4.78, 5) is 14.9. The Morgan fingerprint density at radius 2 is 2.05 bits per heavy atom. The molecule has 2 aromatic rings. The molecule has 1 amide bonds. The average molecular weight is 260 g/mol. The molecule has 0 spiro atoms. The van der Waals surface area contributed by atoms with E-state index < -0.39 is 0 Å².